The number of nitrogens with one attached hydrogen (secondary N) is 1. The number of nitrogens with zero attached hydrogens (tertiary/aromatic N) is 3. The molecule has 1 aliphatic carbocycles. The summed E-state index contributed by atoms with van der Waals surface area (Å²) >= 11 is 3.01. The molecule has 2 heterocycles. The van der Waals surface area contributed by atoms with Gasteiger partial charge in [0.25, 0.3) is 0 Å². The maximum atomic E-state index is 13.4. The fourth-order valence-electron chi connectivity index (χ4n) is 4.15. The van der Waals surface area contributed by atoms with Crippen molar-refractivity contribution in [2.24, 2.45) is 5.92 Å². The van der Waals surface area contributed by atoms with Crippen LogP contribution in [0.5, 0.6) is 0 Å². The lowest BCUT2D eigenvalue weighted by atomic mass is 10.1. The lowest BCUT2D eigenvalue weighted by Crippen LogP contribution is -2.38. The number of thiazole rings is 1. The first-order valence-electron chi connectivity index (χ1n) is 13.2. The molecule has 10 heteroatoms. The van der Waals surface area contributed by atoms with Crippen LogP contribution in [-0.2, 0) is 0 Å². The summed E-state index contributed by atoms with van der Waals surface area (Å²) in [5, 5.41) is 3.40. The molecule has 0 bridgehead atoms. The number of Topliss-reactive ketones (excluding diaryl/α,β-unsaturated/α-hetero) is 1. The fourth-order valence-corrected chi connectivity index (χ4v) is 5.79. The highest BCUT2D eigenvalue weighted by molar-refractivity contribution is 7.97. The van der Waals surface area contributed by atoms with Crippen molar-refractivity contribution in [2.45, 2.75) is 58.4 Å². The van der Waals surface area contributed by atoms with E-state index in [1.165, 1.54) is 89.4 Å². The third-order valence-corrected chi connectivity index (χ3v) is 8.49. The van der Waals surface area contributed by atoms with E-state index in [-0.39, 0.29) is 10.7 Å². The minimum atomic E-state index is -1.03. The van der Waals surface area contributed by atoms with Gasteiger partial charge in [-0.25, -0.2) is 13.8 Å². The first kappa shape index (κ1) is 31.6. The highest BCUT2D eigenvalue weighted by atomic mass is 32.2. The summed E-state index contributed by atoms with van der Waals surface area (Å²) in [7, 11) is 2.09. The van der Waals surface area contributed by atoms with E-state index in [2.05, 4.69) is 52.0 Å². The maximum absolute atomic E-state index is 13.4. The summed E-state index contributed by atoms with van der Waals surface area (Å²) in [5.74, 6) is -0.528. The summed E-state index contributed by atoms with van der Waals surface area (Å²) in [4.78, 5) is 18.3. The highest BCUT2D eigenvalue weighted by Gasteiger charge is 2.25. The number of allylic oxidation sites excluding steroid dienone is 5. The lowest BCUT2D eigenvalue weighted by Gasteiger charge is -2.31. The Bertz CT molecular complexity index is 908. The molecule has 1 aromatic heterocycles. The number of aromatic nitrogens is 1. The number of carbonyl (C=O) groups is 1. The van der Waals surface area contributed by atoms with Gasteiger partial charge in [-0.1, -0.05) is 31.5 Å². The number of hydrogen-bond donors (Lipinski definition) is 2. The molecule has 37 heavy (non-hydrogen) atoms. The van der Waals surface area contributed by atoms with Gasteiger partial charge < -0.3 is 16.0 Å². The van der Waals surface area contributed by atoms with Crippen molar-refractivity contribution in [3.8, 4) is 0 Å². The number of nitrogen functional groups attached to an aromatic ring is 1. The van der Waals surface area contributed by atoms with E-state index in [4.69, 9.17) is 5.73 Å². The van der Waals surface area contributed by atoms with Crippen LogP contribution in [0.25, 0.3) is 0 Å². The SMILES string of the molecule is C=C/C(F)=C(C(=O)c1scnc1N)\C(F)=C/C.CCCN(CCCSN1CCC(NC)CC1)CC1CC1. The molecule has 0 amide bonds. The molecular weight excluding hydrogens is 512 g/mol. The van der Waals surface area contributed by atoms with Gasteiger partial charge in [0, 0.05) is 31.4 Å². The smallest absolute Gasteiger partial charge is 0.212 e. The predicted molar refractivity (Wildman–Crippen MR) is 154 cm³/mol. The number of anilines is 1. The Labute approximate surface area is 229 Å². The van der Waals surface area contributed by atoms with Gasteiger partial charge in [0.05, 0.1) is 11.1 Å². The number of carbonyl (C=O) groups excluding carboxylic acids is 1. The molecule has 0 unspecified atom stereocenters. The van der Waals surface area contributed by atoms with Crippen molar-refractivity contribution in [1.82, 2.24) is 19.5 Å². The van der Waals surface area contributed by atoms with Crippen molar-refractivity contribution in [2.75, 3.05) is 51.3 Å². The second-order valence-corrected chi connectivity index (χ2v) is 11.4. The van der Waals surface area contributed by atoms with Crippen LogP contribution in [-0.4, -0.2) is 71.5 Å². The maximum Gasteiger partial charge on any atom is 0.212 e. The molecule has 1 saturated carbocycles. The third-order valence-electron chi connectivity index (χ3n) is 6.45. The Morgan fingerprint density at radius 3 is 2.54 bits per heavy atom. The second-order valence-electron chi connectivity index (χ2n) is 9.38. The van der Waals surface area contributed by atoms with Crippen LogP contribution in [0.1, 0.15) is 62.0 Å². The van der Waals surface area contributed by atoms with Crippen molar-refractivity contribution in [3.05, 3.63) is 46.3 Å². The Kier molecular flexibility index (Phi) is 14.6. The van der Waals surface area contributed by atoms with Gasteiger partial charge in [0.15, 0.2) is 0 Å². The molecule has 208 valence electrons. The van der Waals surface area contributed by atoms with E-state index >= 15 is 0 Å². The summed E-state index contributed by atoms with van der Waals surface area (Å²) < 4.78 is 29.4. The van der Waals surface area contributed by atoms with Crippen LogP contribution in [0.4, 0.5) is 14.6 Å². The standard InChI is InChI=1S/C16H33N3S.C11H10F2N2OS/c1-3-9-18(14-15-5-6-15)10-4-13-20-19-11-7-16(17-2)8-12-19;1-3-6(12)8(7(13)4-2)9(16)10-11(14)15-5-17-10/h15-17H,3-14H2,1-2H3;3-5H,1,14H2,2H3/b;7-4+,8-6-. The average molecular weight is 556 g/mol. The summed E-state index contributed by atoms with van der Waals surface area (Å²) in [5.41, 5.74) is 6.08. The first-order valence-corrected chi connectivity index (χ1v) is 15.0. The summed E-state index contributed by atoms with van der Waals surface area (Å²) in [6, 6.07) is 0.755. The topological polar surface area (TPSA) is 74.5 Å². The monoisotopic (exact) mass is 555 g/mol. The molecule has 2 aliphatic rings. The van der Waals surface area contributed by atoms with Crippen LogP contribution >= 0.6 is 23.3 Å². The van der Waals surface area contributed by atoms with E-state index in [9.17, 15) is 13.6 Å². The molecule has 3 N–H and O–H groups in total. The number of ketones is 1. The molecule has 0 spiro atoms. The Morgan fingerprint density at radius 2 is 2.03 bits per heavy atom. The quantitative estimate of drug-likeness (QED) is 0.0956. The van der Waals surface area contributed by atoms with E-state index < -0.39 is 23.0 Å². The van der Waals surface area contributed by atoms with Gasteiger partial charge in [-0.05, 0) is 77.6 Å². The highest BCUT2D eigenvalue weighted by Crippen LogP contribution is 2.30. The zero-order valence-electron chi connectivity index (χ0n) is 22.5. The zero-order valence-corrected chi connectivity index (χ0v) is 24.1. The van der Waals surface area contributed by atoms with Crippen LogP contribution in [0.3, 0.4) is 0 Å². The van der Waals surface area contributed by atoms with Crippen molar-refractivity contribution >= 4 is 34.9 Å². The van der Waals surface area contributed by atoms with Crippen molar-refractivity contribution < 1.29 is 13.6 Å². The first-order chi connectivity index (χ1) is 17.8. The minimum Gasteiger partial charge on any atom is -0.382 e. The molecule has 6 nitrogen and oxygen atoms in total. The van der Waals surface area contributed by atoms with E-state index in [0.29, 0.717) is 0 Å². The Hall–Kier alpha value is -1.59. The van der Waals surface area contributed by atoms with Gasteiger partial charge in [0.1, 0.15) is 22.3 Å². The second kappa shape index (κ2) is 17.1. The molecule has 1 aliphatic heterocycles. The van der Waals surface area contributed by atoms with Gasteiger partial charge >= 0.3 is 0 Å². The minimum absolute atomic E-state index is 0.00833. The van der Waals surface area contributed by atoms with Crippen molar-refractivity contribution in [1.29, 1.82) is 0 Å². The number of nitrogens with two attached hydrogens (primary N) is 1. The third kappa shape index (κ3) is 11.0. The summed E-state index contributed by atoms with van der Waals surface area (Å²) in [6.45, 7) is 13.3. The van der Waals surface area contributed by atoms with Crippen molar-refractivity contribution in [3.63, 3.8) is 0 Å². The van der Waals surface area contributed by atoms with E-state index in [0.717, 1.165) is 35.4 Å². The van der Waals surface area contributed by atoms with Gasteiger partial charge in [0.2, 0.25) is 5.78 Å². The molecule has 0 radical (unpaired) electrons. The number of halogens is 2. The molecular formula is C27H43F2N5OS2. The van der Waals surface area contributed by atoms with E-state index in [1.807, 2.05) is 0 Å². The molecule has 2 fully saturated rings. The number of rotatable bonds is 14. The number of hydrogen-bond acceptors (Lipinski definition) is 8. The largest absolute Gasteiger partial charge is 0.382 e. The zero-order chi connectivity index (χ0) is 27.2. The van der Waals surface area contributed by atoms with Gasteiger partial charge in [-0.3, -0.25) is 9.10 Å². The number of piperidine rings is 1. The summed E-state index contributed by atoms with van der Waals surface area (Å²) in [6.07, 6.45) is 10.0. The Balaban J connectivity index is 0.000000264. The average Bonchev–Trinajstić information content (AvgIpc) is 3.63. The molecule has 1 saturated heterocycles. The van der Waals surface area contributed by atoms with Crippen LogP contribution in [0.2, 0.25) is 0 Å². The molecule has 0 aromatic carbocycles. The molecule has 3 rings (SSSR count). The molecule has 0 atom stereocenters. The van der Waals surface area contributed by atoms with Crippen LogP contribution < -0.4 is 11.1 Å². The van der Waals surface area contributed by atoms with Gasteiger partial charge in [-0.2, -0.15) is 0 Å². The van der Waals surface area contributed by atoms with Crippen LogP contribution in [0, 0.1) is 5.92 Å². The van der Waals surface area contributed by atoms with Crippen LogP contribution in [0.15, 0.2) is 41.5 Å². The predicted octanol–water partition coefficient (Wildman–Crippen LogP) is 6.02. The molecule has 1 aromatic rings. The van der Waals surface area contributed by atoms with E-state index in [1.54, 1.807) is 0 Å². The lowest BCUT2D eigenvalue weighted by molar-refractivity contribution is 0.103. The van der Waals surface area contributed by atoms with Gasteiger partial charge in [-0.15, -0.1) is 11.3 Å². The fraction of sp³-hybridized carbons (Fsp3) is 0.630. The normalized spacial score (nSPS) is 17.8. The Morgan fingerprint density at radius 1 is 1.32 bits per heavy atom.